The molecule has 4 fully saturated rings. The third kappa shape index (κ3) is 5.39. The smallest absolute Gasteiger partial charge is 0.312 e. The normalized spacial score (nSPS) is 32.2. The van der Waals surface area contributed by atoms with Crippen molar-refractivity contribution in [1.82, 2.24) is 0 Å². The Bertz CT molecular complexity index is 720. The van der Waals surface area contributed by atoms with Gasteiger partial charge >= 0.3 is 23.9 Å². The van der Waals surface area contributed by atoms with E-state index in [-0.39, 0.29) is 43.1 Å². The summed E-state index contributed by atoms with van der Waals surface area (Å²) in [5.41, 5.74) is -1.14. The number of rotatable bonds is 7. The van der Waals surface area contributed by atoms with Gasteiger partial charge in [0.25, 0.3) is 0 Å². The van der Waals surface area contributed by atoms with Crippen molar-refractivity contribution in [3.63, 3.8) is 0 Å². The monoisotopic (exact) mass is 438 g/mol. The fourth-order valence-corrected chi connectivity index (χ4v) is 5.60. The van der Waals surface area contributed by atoms with Crippen LogP contribution in [0.5, 0.6) is 0 Å². The minimum atomic E-state index is -0.834. The Morgan fingerprint density at radius 1 is 0.903 bits per heavy atom. The summed E-state index contributed by atoms with van der Waals surface area (Å²) in [6.45, 7) is 7.73. The Hall–Kier alpha value is -2.12. The maximum Gasteiger partial charge on any atom is 0.312 e. The van der Waals surface area contributed by atoms with Gasteiger partial charge in [-0.1, -0.05) is 0 Å². The van der Waals surface area contributed by atoms with E-state index in [1.54, 1.807) is 0 Å². The fourth-order valence-electron chi connectivity index (χ4n) is 5.60. The van der Waals surface area contributed by atoms with Crippen LogP contribution >= 0.6 is 0 Å². The molecule has 4 aliphatic carbocycles. The van der Waals surface area contributed by atoms with Crippen LogP contribution in [0, 0.1) is 28.6 Å². The predicted molar refractivity (Wildman–Crippen MR) is 108 cm³/mol. The number of carbonyl (C=O) groups excluding carboxylic acids is 4. The molecule has 4 aliphatic rings. The molecule has 174 valence electrons. The van der Waals surface area contributed by atoms with E-state index in [4.69, 9.17) is 18.9 Å². The van der Waals surface area contributed by atoms with Crippen LogP contribution in [-0.4, -0.2) is 49.3 Å². The summed E-state index contributed by atoms with van der Waals surface area (Å²) in [6, 6.07) is 0. The SMILES string of the molecule is CC(=O)OCC(COC(=O)C12CC3CC(C1)C(OC(=O)C(C)(C)C)C(C3)C2)OC(C)=O. The molecular weight excluding hydrogens is 404 g/mol. The van der Waals surface area contributed by atoms with E-state index in [1.165, 1.54) is 13.8 Å². The highest BCUT2D eigenvalue weighted by atomic mass is 16.6. The highest BCUT2D eigenvalue weighted by molar-refractivity contribution is 5.78. The zero-order chi connectivity index (χ0) is 23.0. The van der Waals surface area contributed by atoms with Gasteiger partial charge in [-0.25, -0.2) is 0 Å². The Balaban J connectivity index is 1.63. The van der Waals surface area contributed by atoms with Crippen LogP contribution < -0.4 is 0 Å². The summed E-state index contributed by atoms with van der Waals surface area (Å²) in [5.74, 6) is -0.776. The molecule has 0 spiro atoms. The molecule has 0 aliphatic heterocycles. The van der Waals surface area contributed by atoms with Gasteiger partial charge in [-0.15, -0.1) is 0 Å². The molecule has 8 heteroatoms. The second kappa shape index (κ2) is 8.79. The Morgan fingerprint density at radius 3 is 2.00 bits per heavy atom. The fraction of sp³-hybridized carbons (Fsp3) is 0.826. The van der Waals surface area contributed by atoms with E-state index in [0.717, 1.165) is 19.3 Å². The summed E-state index contributed by atoms with van der Waals surface area (Å²) in [4.78, 5) is 48.0. The molecule has 3 unspecified atom stereocenters. The third-order valence-corrected chi connectivity index (χ3v) is 6.68. The topological polar surface area (TPSA) is 105 Å². The van der Waals surface area contributed by atoms with Gasteiger partial charge in [-0.2, -0.15) is 0 Å². The first-order valence-electron chi connectivity index (χ1n) is 11.1. The first-order valence-corrected chi connectivity index (χ1v) is 11.1. The molecule has 0 saturated heterocycles. The van der Waals surface area contributed by atoms with E-state index in [9.17, 15) is 19.2 Å². The van der Waals surface area contributed by atoms with Gasteiger partial charge in [0.15, 0.2) is 6.10 Å². The lowest BCUT2D eigenvalue weighted by molar-refractivity contribution is -0.202. The maximum atomic E-state index is 13.1. The van der Waals surface area contributed by atoms with Gasteiger partial charge in [0.2, 0.25) is 0 Å². The molecule has 0 aromatic carbocycles. The molecule has 31 heavy (non-hydrogen) atoms. The van der Waals surface area contributed by atoms with Crippen LogP contribution in [0.2, 0.25) is 0 Å². The van der Waals surface area contributed by atoms with Crippen molar-refractivity contribution in [2.45, 2.75) is 78.9 Å². The van der Waals surface area contributed by atoms with Crippen molar-refractivity contribution in [1.29, 1.82) is 0 Å². The third-order valence-electron chi connectivity index (χ3n) is 6.68. The van der Waals surface area contributed by atoms with Gasteiger partial charge in [0.1, 0.15) is 19.3 Å². The number of esters is 4. The lowest BCUT2D eigenvalue weighted by atomic mass is 9.48. The van der Waals surface area contributed by atoms with Crippen LogP contribution in [0.25, 0.3) is 0 Å². The molecule has 3 atom stereocenters. The van der Waals surface area contributed by atoms with Crippen molar-refractivity contribution in [3.05, 3.63) is 0 Å². The van der Waals surface area contributed by atoms with Crippen molar-refractivity contribution in [2.75, 3.05) is 13.2 Å². The molecule has 0 aromatic heterocycles. The van der Waals surface area contributed by atoms with Crippen molar-refractivity contribution in [2.24, 2.45) is 28.6 Å². The Kier molecular flexibility index (Phi) is 6.67. The molecule has 0 radical (unpaired) electrons. The zero-order valence-corrected chi connectivity index (χ0v) is 19.1. The summed E-state index contributed by atoms with van der Waals surface area (Å²) in [7, 11) is 0. The van der Waals surface area contributed by atoms with E-state index in [1.807, 2.05) is 20.8 Å². The first-order chi connectivity index (χ1) is 14.4. The minimum Gasteiger partial charge on any atom is -0.462 e. The molecule has 8 nitrogen and oxygen atoms in total. The number of hydrogen-bond acceptors (Lipinski definition) is 8. The summed E-state index contributed by atoms with van der Waals surface area (Å²) < 4.78 is 21.5. The summed E-state index contributed by atoms with van der Waals surface area (Å²) >= 11 is 0. The Morgan fingerprint density at radius 2 is 1.48 bits per heavy atom. The predicted octanol–water partition coefficient (Wildman–Crippen LogP) is 2.81. The molecule has 4 bridgehead atoms. The van der Waals surface area contributed by atoms with Gasteiger partial charge in [0.05, 0.1) is 10.8 Å². The van der Waals surface area contributed by atoms with Crippen molar-refractivity contribution >= 4 is 23.9 Å². The average molecular weight is 439 g/mol. The second-order valence-electron chi connectivity index (χ2n) is 10.5. The lowest BCUT2D eigenvalue weighted by Crippen LogP contribution is -2.58. The maximum absolute atomic E-state index is 13.1. The van der Waals surface area contributed by atoms with Crippen LogP contribution in [0.4, 0.5) is 0 Å². The molecule has 0 heterocycles. The van der Waals surface area contributed by atoms with Crippen molar-refractivity contribution in [3.8, 4) is 0 Å². The first kappa shape index (κ1) is 23.5. The molecule has 4 rings (SSSR count). The van der Waals surface area contributed by atoms with Crippen LogP contribution in [0.3, 0.4) is 0 Å². The Labute approximate surface area is 183 Å². The molecular formula is C23H34O8. The minimum absolute atomic E-state index is 0.137. The van der Waals surface area contributed by atoms with E-state index in [0.29, 0.717) is 18.8 Å². The highest BCUT2D eigenvalue weighted by Gasteiger charge is 2.60. The molecule has 4 saturated carbocycles. The van der Waals surface area contributed by atoms with Gasteiger partial charge < -0.3 is 18.9 Å². The standard InChI is InChI=1S/C23H34O8/c1-13(24)28-11-18(30-14(2)25)12-29-21(27)23-8-15-6-16(9-23)19(17(7-15)10-23)31-20(26)22(3,4)5/h15-19H,6-12H2,1-5H3. The highest BCUT2D eigenvalue weighted by Crippen LogP contribution is 2.61. The van der Waals surface area contributed by atoms with Crippen LogP contribution in [0.1, 0.15) is 66.7 Å². The summed E-state index contributed by atoms with van der Waals surface area (Å²) in [6.07, 6.45) is 3.03. The number of carbonyl (C=O) groups is 4. The molecule has 0 aromatic rings. The molecule has 0 N–H and O–H groups in total. The number of hydrogen-bond donors (Lipinski definition) is 0. The van der Waals surface area contributed by atoms with Gasteiger partial charge in [-0.05, 0) is 70.6 Å². The average Bonchev–Trinajstić information content (AvgIpc) is 2.64. The van der Waals surface area contributed by atoms with E-state index >= 15 is 0 Å². The van der Waals surface area contributed by atoms with Crippen LogP contribution in [-0.2, 0) is 38.1 Å². The van der Waals surface area contributed by atoms with Gasteiger partial charge in [0, 0.05) is 13.8 Å². The van der Waals surface area contributed by atoms with Crippen LogP contribution in [0.15, 0.2) is 0 Å². The second-order valence-corrected chi connectivity index (χ2v) is 10.5. The van der Waals surface area contributed by atoms with Crippen molar-refractivity contribution < 1.29 is 38.1 Å². The van der Waals surface area contributed by atoms with E-state index < -0.39 is 28.9 Å². The largest absolute Gasteiger partial charge is 0.462 e. The lowest BCUT2D eigenvalue weighted by Gasteiger charge is -2.58. The quantitative estimate of drug-likeness (QED) is 0.441. The van der Waals surface area contributed by atoms with E-state index in [2.05, 4.69) is 0 Å². The molecule has 0 amide bonds. The zero-order valence-electron chi connectivity index (χ0n) is 19.1. The van der Waals surface area contributed by atoms with Gasteiger partial charge in [-0.3, -0.25) is 19.2 Å². The number of ether oxygens (including phenoxy) is 4. The summed E-state index contributed by atoms with van der Waals surface area (Å²) in [5, 5.41) is 0.